The summed E-state index contributed by atoms with van der Waals surface area (Å²) in [6.45, 7) is 0.887. The average Bonchev–Trinajstić information content (AvgIpc) is 2.72. The van der Waals surface area contributed by atoms with Crippen molar-refractivity contribution in [3.63, 3.8) is 0 Å². The molecule has 0 atom stereocenters. The van der Waals surface area contributed by atoms with E-state index in [1.54, 1.807) is 69.7 Å². The van der Waals surface area contributed by atoms with Crippen molar-refractivity contribution in [1.82, 2.24) is 10.2 Å². The van der Waals surface area contributed by atoms with Gasteiger partial charge in [-0.15, -0.1) is 0 Å². The van der Waals surface area contributed by atoms with Crippen LogP contribution >= 0.6 is 0 Å². The van der Waals surface area contributed by atoms with E-state index in [4.69, 9.17) is 4.74 Å². The van der Waals surface area contributed by atoms with Crippen LogP contribution in [0.25, 0.3) is 0 Å². The zero-order chi connectivity index (χ0) is 21.2. The molecule has 3 N–H and O–H groups in total. The second-order valence-electron chi connectivity index (χ2n) is 6.51. The summed E-state index contributed by atoms with van der Waals surface area (Å²) >= 11 is 0. The summed E-state index contributed by atoms with van der Waals surface area (Å²) in [5.74, 6) is -0.570. The Morgan fingerprint density at radius 1 is 0.966 bits per heavy atom. The summed E-state index contributed by atoms with van der Waals surface area (Å²) in [7, 11) is 4.95. The van der Waals surface area contributed by atoms with Crippen molar-refractivity contribution in [3.05, 3.63) is 59.7 Å². The van der Waals surface area contributed by atoms with Gasteiger partial charge in [-0.1, -0.05) is 6.07 Å². The maximum absolute atomic E-state index is 12.2. The van der Waals surface area contributed by atoms with Gasteiger partial charge in [0, 0.05) is 50.3 Å². The summed E-state index contributed by atoms with van der Waals surface area (Å²) in [5, 5.41) is 8.48. The van der Waals surface area contributed by atoms with Gasteiger partial charge in [-0.2, -0.15) is 0 Å². The molecule has 154 valence electrons. The SMILES string of the molecule is COCCNC(=O)c1cccc(NC(=O)CNc2ccc(C(=O)N(C)C)cc2)c1. The van der Waals surface area contributed by atoms with Crippen molar-refractivity contribution in [2.75, 3.05) is 51.5 Å². The van der Waals surface area contributed by atoms with E-state index in [1.165, 1.54) is 4.90 Å². The third-order valence-corrected chi connectivity index (χ3v) is 3.99. The minimum atomic E-state index is -0.254. The number of methoxy groups -OCH3 is 1. The molecule has 0 fully saturated rings. The number of carbonyl (C=O) groups is 3. The van der Waals surface area contributed by atoms with Gasteiger partial charge in [0.1, 0.15) is 0 Å². The first-order valence-corrected chi connectivity index (χ1v) is 9.13. The monoisotopic (exact) mass is 398 g/mol. The molecule has 2 aromatic carbocycles. The van der Waals surface area contributed by atoms with Crippen LogP contribution in [-0.4, -0.2) is 63.5 Å². The van der Waals surface area contributed by atoms with Gasteiger partial charge in [0.05, 0.1) is 13.2 Å². The van der Waals surface area contributed by atoms with E-state index in [9.17, 15) is 14.4 Å². The highest BCUT2D eigenvalue weighted by molar-refractivity contribution is 5.98. The average molecular weight is 398 g/mol. The lowest BCUT2D eigenvalue weighted by molar-refractivity contribution is -0.114. The van der Waals surface area contributed by atoms with E-state index in [2.05, 4.69) is 16.0 Å². The van der Waals surface area contributed by atoms with E-state index < -0.39 is 0 Å². The number of hydrogen-bond acceptors (Lipinski definition) is 5. The molecule has 0 saturated heterocycles. The zero-order valence-corrected chi connectivity index (χ0v) is 16.8. The third-order valence-electron chi connectivity index (χ3n) is 3.99. The fourth-order valence-corrected chi connectivity index (χ4v) is 2.48. The summed E-state index contributed by atoms with van der Waals surface area (Å²) in [6, 6.07) is 13.6. The van der Waals surface area contributed by atoms with Gasteiger partial charge in [0.15, 0.2) is 0 Å². The van der Waals surface area contributed by atoms with Crippen LogP contribution < -0.4 is 16.0 Å². The molecule has 8 nitrogen and oxygen atoms in total. The molecule has 0 radical (unpaired) electrons. The molecule has 29 heavy (non-hydrogen) atoms. The number of amides is 3. The summed E-state index contributed by atoms with van der Waals surface area (Å²) in [5.41, 5.74) is 2.28. The Balaban J connectivity index is 1.87. The lowest BCUT2D eigenvalue weighted by Gasteiger charge is -2.12. The normalized spacial score (nSPS) is 10.2. The highest BCUT2D eigenvalue weighted by atomic mass is 16.5. The molecule has 0 aliphatic carbocycles. The molecule has 0 heterocycles. The lowest BCUT2D eigenvalue weighted by Crippen LogP contribution is -2.27. The molecule has 0 unspecified atom stereocenters. The van der Waals surface area contributed by atoms with Gasteiger partial charge >= 0.3 is 0 Å². The largest absolute Gasteiger partial charge is 0.383 e. The van der Waals surface area contributed by atoms with Crippen molar-refractivity contribution in [1.29, 1.82) is 0 Å². The van der Waals surface area contributed by atoms with Crippen molar-refractivity contribution in [2.24, 2.45) is 0 Å². The maximum Gasteiger partial charge on any atom is 0.253 e. The summed E-state index contributed by atoms with van der Waals surface area (Å²) in [4.78, 5) is 37.6. The molecule has 8 heteroatoms. The summed E-state index contributed by atoms with van der Waals surface area (Å²) < 4.78 is 4.90. The number of hydrogen-bond donors (Lipinski definition) is 3. The number of nitrogens with one attached hydrogen (secondary N) is 3. The van der Waals surface area contributed by atoms with Crippen LogP contribution in [0.4, 0.5) is 11.4 Å². The van der Waals surface area contributed by atoms with E-state index in [0.717, 1.165) is 5.69 Å². The molecule has 0 spiro atoms. The molecular weight excluding hydrogens is 372 g/mol. The van der Waals surface area contributed by atoms with Crippen molar-refractivity contribution < 1.29 is 19.1 Å². The Morgan fingerprint density at radius 3 is 2.34 bits per heavy atom. The van der Waals surface area contributed by atoms with E-state index >= 15 is 0 Å². The Morgan fingerprint density at radius 2 is 1.69 bits per heavy atom. The van der Waals surface area contributed by atoms with Crippen LogP contribution in [0.5, 0.6) is 0 Å². The number of benzene rings is 2. The molecule has 0 saturated carbocycles. The van der Waals surface area contributed by atoms with Crippen LogP contribution in [-0.2, 0) is 9.53 Å². The van der Waals surface area contributed by atoms with Crippen LogP contribution in [0, 0.1) is 0 Å². The second-order valence-corrected chi connectivity index (χ2v) is 6.51. The van der Waals surface area contributed by atoms with Crippen molar-refractivity contribution in [2.45, 2.75) is 0 Å². The van der Waals surface area contributed by atoms with Crippen LogP contribution in [0.1, 0.15) is 20.7 Å². The molecule has 2 aromatic rings. The Labute approximate surface area is 170 Å². The van der Waals surface area contributed by atoms with E-state index in [1.807, 2.05) is 0 Å². The zero-order valence-electron chi connectivity index (χ0n) is 16.8. The van der Waals surface area contributed by atoms with Crippen LogP contribution in [0.2, 0.25) is 0 Å². The standard InChI is InChI=1S/C21H26N4O4/c1-25(2)21(28)15-7-9-17(10-8-15)23-14-19(26)24-18-6-4-5-16(13-18)20(27)22-11-12-29-3/h4-10,13,23H,11-12,14H2,1-3H3,(H,22,27)(H,24,26). The van der Waals surface area contributed by atoms with E-state index in [0.29, 0.717) is 30.0 Å². The predicted octanol–water partition coefficient (Wildman–Crippen LogP) is 1.82. The van der Waals surface area contributed by atoms with Gasteiger partial charge < -0.3 is 25.6 Å². The molecule has 3 amide bonds. The highest BCUT2D eigenvalue weighted by Crippen LogP contribution is 2.12. The third kappa shape index (κ3) is 6.93. The van der Waals surface area contributed by atoms with Crippen LogP contribution in [0.15, 0.2) is 48.5 Å². The second kappa shape index (κ2) is 10.8. The van der Waals surface area contributed by atoms with Gasteiger partial charge in [-0.25, -0.2) is 0 Å². The maximum atomic E-state index is 12.2. The first-order valence-electron chi connectivity index (χ1n) is 9.13. The summed E-state index contributed by atoms with van der Waals surface area (Å²) in [6.07, 6.45) is 0. The molecule has 0 aromatic heterocycles. The minimum absolute atomic E-state index is 0.0469. The number of carbonyl (C=O) groups excluding carboxylic acids is 3. The number of rotatable bonds is 9. The van der Waals surface area contributed by atoms with Gasteiger partial charge in [-0.3, -0.25) is 14.4 Å². The quantitative estimate of drug-likeness (QED) is 0.560. The molecule has 2 rings (SSSR count). The topological polar surface area (TPSA) is 99.8 Å². The van der Waals surface area contributed by atoms with E-state index in [-0.39, 0.29) is 24.3 Å². The molecular formula is C21H26N4O4. The smallest absolute Gasteiger partial charge is 0.253 e. The fourth-order valence-electron chi connectivity index (χ4n) is 2.48. The van der Waals surface area contributed by atoms with Crippen LogP contribution in [0.3, 0.4) is 0 Å². The first-order chi connectivity index (χ1) is 13.9. The number of ether oxygens (including phenoxy) is 1. The number of nitrogens with zero attached hydrogens (tertiary/aromatic N) is 1. The van der Waals surface area contributed by atoms with Gasteiger partial charge in [-0.05, 0) is 42.5 Å². The van der Waals surface area contributed by atoms with Crippen molar-refractivity contribution in [3.8, 4) is 0 Å². The molecule has 0 aliphatic heterocycles. The van der Waals surface area contributed by atoms with Gasteiger partial charge in [0.25, 0.3) is 11.8 Å². The highest BCUT2D eigenvalue weighted by Gasteiger charge is 2.09. The first kappa shape index (κ1) is 21.9. The predicted molar refractivity (Wildman–Crippen MR) is 112 cm³/mol. The van der Waals surface area contributed by atoms with Crippen molar-refractivity contribution >= 4 is 29.1 Å². The molecule has 0 bridgehead atoms. The minimum Gasteiger partial charge on any atom is -0.383 e. The fraction of sp³-hybridized carbons (Fsp3) is 0.286. The Kier molecular flexibility index (Phi) is 8.17. The molecule has 0 aliphatic rings. The van der Waals surface area contributed by atoms with Gasteiger partial charge in [0.2, 0.25) is 5.91 Å². The number of anilines is 2. The Bertz CT molecular complexity index is 850. The lowest BCUT2D eigenvalue weighted by atomic mass is 10.2. The Hall–Kier alpha value is -3.39.